The molecule has 1 saturated heterocycles. The van der Waals surface area contributed by atoms with Crippen molar-refractivity contribution in [3.05, 3.63) is 76.7 Å². The molecule has 7 nitrogen and oxygen atoms in total. The molecule has 3 aromatic rings. The molecule has 2 N–H and O–H groups in total. The van der Waals surface area contributed by atoms with Gasteiger partial charge in [0.15, 0.2) is 0 Å². The van der Waals surface area contributed by atoms with Crippen LogP contribution in [0.2, 0.25) is 5.02 Å². The van der Waals surface area contributed by atoms with Gasteiger partial charge in [0.1, 0.15) is 0 Å². The number of benzene rings is 2. The van der Waals surface area contributed by atoms with E-state index in [1.165, 1.54) is 6.07 Å². The first-order chi connectivity index (χ1) is 16.3. The van der Waals surface area contributed by atoms with Crippen LogP contribution in [0.4, 0.5) is 5.69 Å². The van der Waals surface area contributed by atoms with Gasteiger partial charge >= 0.3 is 5.97 Å². The van der Waals surface area contributed by atoms with Crippen molar-refractivity contribution in [3.63, 3.8) is 0 Å². The third-order valence-electron chi connectivity index (χ3n) is 6.06. The molecule has 4 rings (SSSR count). The number of furan rings is 1. The fourth-order valence-corrected chi connectivity index (χ4v) is 4.57. The number of nitrogens with zero attached hydrogens (tertiary/aromatic N) is 1. The van der Waals surface area contributed by atoms with E-state index < -0.39 is 11.9 Å². The van der Waals surface area contributed by atoms with Gasteiger partial charge in [-0.05, 0) is 54.7 Å². The first-order valence-electron chi connectivity index (χ1n) is 11.1. The third kappa shape index (κ3) is 5.31. The van der Waals surface area contributed by atoms with E-state index in [1.54, 1.807) is 30.4 Å². The predicted molar refractivity (Wildman–Crippen MR) is 129 cm³/mol. The van der Waals surface area contributed by atoms with Gasteiger partial charge in [0.2, 0.25) is 11.8 Å². The normalized spacial score (nSPS) is 15.7. The van der Waals surface area contributed by atoms with Crippen LogP contribution in [0, 0.1) is 12.8 Å². The smallest absolute Gasteiger partial charge is 0.337 e. The van der Waals surface area contributed by atoms with Crippen LogP contribution in [0.5, 0.6) is 0 Å². The van der Waals surface area contributed by atoms with Gasteiger partial charge in [0.05, 0.1) is 36.1 Å². The Morgan fingerprint density at radius 3 is 2.74 bits per heavy atom. The number of hydrogen-bond acceptors (Lipinski definition) is 4. The van der Waals surface area contributed by atoms with E-state index in [4.69, 9.17) is 16.0 Å². The summed E-state index contributed by atoms with van der Waals surface area (Å²) < 4.78 is 5.14. The molecular weight excluding hydrogens is 456 g/mol. The molecule has 1 fully saturated rings. The fourth-order valence-electron chi connectivity index (χ4n) is 4.30. The Bertz CT molecular complexity index is 1220. The highest BCUT2D eigenvalue weighted by atomic mass is 35.5. The first-order valence-corrected chi connectivity index (χ1v) is 11.4. The van der Waals surface area contributed by atoms with Crippen LogP contribution >= 0.6 is 11.6 Å². The Labute approximate surface area is 202 Å². The van der Waals surface area contributed by atoms with Crippen LogP contribution in [0.3, 0.4) is 0 Å². The fraction of sp³-hybridized carbons (Fsp3) is 0.269. The zero-order chi connectivity index (χ0) is 24.2. The lowest BCUT2D eigenvalue weighted by Crippen LogP contribution is -2.44. The number of hydrogen-bond donors (Lipinski definition) is 2. The van der Waals surface area contributed by atoms with Gasteiger partial charge < -0.3 is 19.7 Å². The summed E-state index contributed by atoms with van der Waals surface area (Å²) in [6.07, 6.45) is 4.83. The minimum atomic E-state index is -1.17. The first kappa shape index (κ1) is 23.6. The van der Waals surface area contributed by atoms with Crippen LogP contribution in [-0.2, 0) is 16.0 Å². The molecule has 0 aliphatic carbocycles. The Hall–Kier alpha value is -3.58. The van der Waals surface area contributed by atoms with Crippen LogP contribution < -0.4 is 5.32 Å². The van der Waals surface area contributed by atoms with Crippen molar-refractivity contribution in [3.8, 4) is 11.1 Å². The number of rotatable bonds is 6. The molecule has 1 aliphatic heterocycles. The zero-order valence-electron chi connectivity index (χ0n) is 18.7. The van der Waals surface area contributed by atoms with Crippen LogP contribution in [0.1, 0.15) is 34.3 Å². The molecule has 34 heavy (non-hydrogen) atoms. The number of carboxylic acid groups (broad SMARTS) is 1. The third-order valence-corrected chi connectivity index (χ3v) is 6.28. The van der Waals surface area contributed by atoms with Crippen LogP contribution in [0.25, 0.3) is 11.1 Å². The van der Waals surface area contributed by atoms with Crippen molar-refractivity contribution < 1.29 is 23.9 Å². The van der Waals surface area contributed by atoms with Gasteiger partial charge in [-0.25, -0.2) is 4.79 Å². The summed E-state index contributed by atoms with van der Waals surface area (Å²) in [5, 5.41) is 12.6. The van der Waals surface area contributed by atoms with E-state index in [2.05, 4.69) is 5.32 Å². The Kier molecular flexibility index (Phi) is 7.03. The number of anilines is 1. The quantitative estimate of drug-likeness (QED) is 0.515. The number of aromatic carboxylic acids is 1. The SMILES string of the molecule is Cc1cc(Cl)cc(C(=O)O)c1NC(=O)C1CCCN(C(=O)Cc2cccc(-c3ccoc3)c2)C1. The standard InChI is InChI=1S/C26H25ClN2O5/c1-16-10-21(27)13-22(26(32)33)24(16)28-25(31)19-6-3-8-29(14-19)23(30)12-17-4-2-5-18(11-17)20-7-9-34-15-20/h2,4-5,7,9-11,13,15,19H,3,6,8,12,14H2,1H3,(H,28,31)(H,32,33). The van der Waals surface area contributed by atoms with Gasteiger partial charge in [-0.15, -0.1) is 0 Å². The molecular formula is C26H25ClN2O5. The van der Waals surface area contributed by atoms with Crippen molar-refractivity contribution in [1.29, 1.82) is 0 Å². The number of carboxylic acids is 1. The molecule has 1 aromatic heterocycles. The number of carbonyl (C=O) groups is 3. The van der Waals surface area contributed by atoms with Crippen molar-refractivity contribution in [1.82, 2.24) is 4.90 Å². The molecule has 2 amide bonds. The van der Waals surface area contributed by atoms with Crippen molar-refractivity contribution in [2.75, 3.05) is 18.4 Å². The van der Waals surface area contributed by atoms with Crippen molar-refractivity contribution in [2.24, 2.45) is 5.92 Å². The maximum Gasteiger partial charge on any atom is 0.337 e. The molecule has 0 saturated carbocycles. The second kappa shape index (κ2) is 10.1. The average Bonchev–Trinajstić information content (AvgIpc) is 3.36. The summed E-state index contributed by atoms with van der Waals surface area (Å²) in [6.45, 7) is 2.58. The van der Waals surface area contributed by atoms with Crippen molar-refractivity contribution in [2.45, 2.75) is 26.2 Å². The largest absolute Gasteiger partial charge is 0.478 e. The lowest BCUT2D eigenvalue weighted by molar-refractivity contribution is -0.133. The van der Waals surface area contributed by atoms with Gasteiger partial charge in [-0.2, -0.15) is 0 Å². The highest BCUT2D eigenvalue weighted by molar-refractivity contribution is 6.31. The molecule has 2 heterocycles. The van der Waals surface area contributed by atoms with Crippen LogP contribution in [0.15, 0.2) is 59.4 Å². The Morgan fingerprint density at radius 1 is 1.18 bits per heavy atom. The predicted octanol–water partition coefficient (Wildman–Crippen LogP) is 5.03. The van der Waals surface area contributed by atoms with E-state index >= 15 is 0 Å². The summed E-state index contributed by atoms with van der Waals surface area (Å²) in [5.41, 5.74) is 3.56. The maximum absolute atomic E-state index is 13.0. The monoisotopic (exact) mass is 480 g/mol. The Balaban J connectivity index is 1.43. The molecule has 1 atom stereocenters. The molecule has 0 bridgehead atoms. The summed E-state index contributed by atoms with van der Waals surface area (Å²) in [5.74, 6) is -1.94. The minimum Gasteiger partial charge on any atom is -0.478 e. The maximum atomic E-state index is 13.0. The highest BCUT2D eigenvalue weighted by Crippen LogP contribution is 2.28. The van der Waals surface area contributed by atoms with E-state index in [0.717, 1.165) is 16.7 Å². The number of halogens is 1. The summed E-state index contributed by atoms with van der Waals surface area (Å²) in [4.78, 5) is 39.4. The molecule has 0 radical (unpaired) electrons. The van der Waals surface area contributed by atoms with Crippen LogP contribution in [-0.4, -0.2) is 40.9 Å². The van der Waals surface area contributed by atoms with Crippen molar-refractivity contribution >= 4 is 35.1 Å². The zero-order valence-corrected chi connectivity index (χ0v) is 19.5. The molecule has 2 aromatic carbocycles. The van der Waals surface area contributed by atoms with Gasteiger partial charge in [0.25, 0.3) is 0 Å². The van der Waals surface area contributed by atoms with Gasteiger partial charge in [-0.1, -0.05) is 35.9 Å². The molecule has 1 unspecified atom stereocenters. The minimum absolute atomic E-state index is 0.0456. The number of carbonyl (C=O) groups excluding carboxylic acids is 2. The molecule has 0 spiro atoms. The summed E-state index contributed by atoms with van der Waals surface area (Å²) in [7, 11) is 0. The second-order valence-electron chi connectivity index (χ2n) is 8.51. The lowest BCUT2D eigenvalue weighted by atomic mass is 9.95. The van der Waals surface area contributed by atoms with E-state index in [1.807, 2.05) is 30.3 Å². The lowest BCUT2D eigenvalue weighted by Gasteiger charge is -2.32. The van der Waals surface area contributed by atoms with E-state index in [-0.39, 0.29) is 29.5 Å². The number of aryl methyl sites for hydroxylation is 1. The summed E-state index contributed by atoms with van der Waals surface area (Å²) in [6, 6.07) is 12.5. The summed E-state index contributed by atoms with van der Waals surface area (Å²) >= 11 is 5.99. The molecule has 1 aliphatic rings. The topological polar surface area (TPSA) is 99.9 Å². The second-order valence-corrected chi connectivity index (χ2v) is 8.94. The van der Waals surface area contributed by atoms with E-state index in [9.17, 15) is 19.5 Å². The van der Waals surface area contributed by atoms with Gasteiger partial charge in [-0.3, -0.25) is 9.59 Å². The average molecular weight is 481 g/mol. The van der Waals surface area contributed by atoms with Gasteiger partial charge in [0, 0.05) is 23.7 Å². The van der Waals surface area contributed by atoms with E-state index in [0.29, 0.717) is 36.5 Å². The molecule has 8 heteroatoms. The Morgan fingerprint density at radius 2 is 2.00 bits per heavy atom. The number of nitrogens with one attached hydrogen (secondary N) is 1. The number of piperidine rings is 1. The molecule has 176 valence electrons. The number of likely N-dealkylation sites (tertiary alicyclic amines) is 1. The highest BCUT2D eigenvalue weighted by Gasteiger charge is 2.29. The number of amides is 2.